The molecule has 0 amide bonds. The molecule has 0 fully saturated rings. The first-order valence-electron chi connectivity index (χ1n) is 4.99. The van der Waals surface area contributed by atoms with Crippen LogP contribution in [0.25, 0.3) is 0 Å². The van der Waals surface area contributed by atoms with Crippen LogP contribution in [0.1, 0.15) is 37.5 Å². The predicted molar refractivity (Wildman–Crippen MR) is 58.7 cm³/mol. The number of methoxy groups -OCH3 is 1. The van der Waals surface area contributed by atoms with Crippen molar-refractivity contribution in [2.45, 2.75) is 39.0 Å². The lowest BCUT2D eigenvalue weighted by atomic mass is 10.1. The average molecular weight is 198 g/mol. The molecular weight excluding hydrogens is 180 g/mol. The number of ether oxygens (including phenoxy) is 1. The Hall–Kier alpha value is -0.500. The van der Waals surface area contributed by atoms with Crippen LogP contribution in [0.4, 0.5) is 0 Å². The Balaban J connectivity index is 2.20. The molecule has 0 bridgehead atoms. The Kier molecular flexibility index (Phi) is 4.91. The quantitative estimate of drug-likeness (QED) is 0.630. The summed E-state index contributed by atoms with van der Waals surface area (Å²) >= 11 is 1.77. The van der Waals surface area contributed by atoms with Gasteiger partial charge in [-0.2, -0.15) is 0 Å². The van der Waals surface area contributed by atoms with Gasteiger partial charge in [-0.15, -0.1) is 11.3 Å². The molecule has 0 atom stereocenters. The van der Waals surface area contributed by atoms with Gasteiger partial charge in [0.05, 0.1) is 7.11 Å². The van der Waals surface area contributed by atoms with Gasteiger partial charge in [-0.1, -0.05) is 26.2 Å². The van der Waals surface area contributed by atoms with Gasteiger partial charge in [0, 0.05) is 4.88 Å². The molecule has 0 radical (unpaired) electrons. The van der Waals surface area contributed by atoms with E-state index in [-0.39, 0.29) is 0 Å². The lowest BCUT2D eigenvalue weighted by molar-refractivity contribution is 0.427. The molecule has 0 saturated heterocycles. The van der Waals surface area contributed by atoms with Gasteiger partial charge in [-0.05, 0) is 25.0 Å². The van der Waals surface area contributed by atoms with E-state index in [0.717, 1.165) is 5.06 Å². The maximum atomic E-state index is 5.14. The fraction of sp³-hybridized carbons (Fsp3) is 0.636. The number of thiophene rings is 1. The third-order valence-electron chi connectivity index (χ3n) is 2.11. The average Bonchev–Trinajstić information content (AvgIpc) is 2.60. The topological polar surface area (TPSA) is 9.23 Å². The number of hydrogen-bond acceptors (Lipinski definition) is 2. The number of hydrogen-bond donors (Lipinski definition) is 0. The highest BCUT2D eigenvalue weighted by atomic mass is 32.1. The van der Waals surface area contributed by atoms with Crippen molar-refractivity contribution in [3.05, 3.63) is 17.0 Å². The monoisotopic (exact) mass is 198 g/mol. The largest absolute Gasteiger partial charge is 0.487 e. The molecule has 1 heterocycles. The van der Waals surface area contributed by atoms with Gasteiger partial charge in [0.15, 0.2) is 5.06 Å². The van der Waals surface area contributed by atoms with Crippen LogP contribution in [0.3, 0.4) is 0 Å². The molecule has 0 aliphatic carbocycles. The van der Waals surface area contributed by atoms with E-state index in [0.29, 0.717) is 0 Å². The van der Waals surface area contributed by atoms with Gasteiger partial charge in [-0.25, -0.2) is 0 Å². The van der Waals surface area contributed by atoms with Crippen LogP contribution >= 0.6 is 11.3 Å². The van der Waals surface area contributed by atoms with Gasteiger partial charge in [-0.3, -0.25) is 0 Å². The van der Waals surface area contributed by atoms with Crippen molar-refractivity contribution >= 4 is 11.3 Å². The van der Waals surface area contributed by atoms with Crippen LogP contribution in [0.15, 0.2) is 12.1 Å². The van der Waals surface area contributed by atoms with Crippen molar-refractivity contribution in [3.63, 3.8) is 0 Å². The third kappa shape index (κ3) is 3.81. The Labute approximate surface area is 84.7 Å². The fourth-order valence-electron chi connectivity index (χ4n) is 1.33. The smallest absolute Gasteiger partial charge is 0.173 e. The molecule has 74 valence electrons. The Bertz CT molecular complexity index is 230. The molecule has 1 aromatic rings. The first kappa shape index (κ1) is 10.6. The van der Waals surface area contributed by atoms with E-state index in [2.05, 4.69) is 19.1 Å². The van der Waals surface area contributed by atoms with E-state index >= 15 is 0 Å². The van der Waals surface area contributed by atoms with Crippen LogP contribution in [0.5, 0.6) is 5.06 Å². The molecule has 0 unspecified atom stereocenters. The predicted octanol–water partition coefficient (Wildman–Crippen LogP) is 3.88. The van der Waals surface area contributed by atoms with E-state index in [9.17, 15) is 0 Å². The Morgan fingerprint density at radius 3 is 2.69 bits per heavy atom. The summed E-state index contributed by atoms with van der Waals surface area (Å²) in [6, 6.07) is 4.23. The summed E-state index contributed by atoms with van der Waals surface area (Å²) in [5.74, 6) is 0. The van der Waals surface area contributed by atoms with Crippen LogP contribution < -0.4 is 4.74 Å². The van der Waals surface area contributed by atoms with E-state index in [1.807, 2.05) is 0 Å². The summed E-state index contributed by atoms with van der Waals surface area (Å²) in [7, 11) is 1.73. The summed E-state index contributed by atoms with van der Waals surface area (Å²) in [4.78, 5) is 1.45. The lowest BCUT2D eigenvalue weighted by Crippen LogP contribution is -1.80. The summed E-state index contributed by atoms with van der Waals surface area (Å²) in [5, 5.41) is 1.03. The zero-order valence-corrected chi connectivity index (χ0v) is 9.32. The van der Waals surface area contributed by atoms with Crippen LogP contribution in [-0.2, 0) is 6.42 Å². The second kappa shape index (κ2) is 6.03. The highest BCUT2D eigenvalue weighted by Gasteiger charge is 1.98. The molecule has 0 spiro atoms. The molecule has 1 aromatic heterocycles. The summed E-state index contributed by atoms with van der Waals surface area (Å²) in [6.45, 7) is 2.24. The van der Waals surface area contributed by atoms with Crippen molar-refractivity contribution in [2.75, 3.05) is 7.11 Å². The standard InChI is InChI=1S/C11H18OS/c1-3-4-5-6-7-10-8-9-11(12-2)13-10/h8-9H,3-7H2,1-2H3. The van der Waals surface area contributed by atoms with E-state index in [1.54, 1.807) is 18.4 Å². The van der Waals surface area contributed by atoms with Crippen molar-refractivity contribution in [2.24, 2.45) is 0 Å². The Morgan fingerprint density at radius 1 is 1.23 bits per heavy atom. The first-order chi connectivity index (χ1) is 6.36. The molecule has 0 aromatic carbocycles. The molecular formula is C11H18OS. The van der Waals surface area contributed by atoms with Crippen LogP contribution in [0, 0.1) is 0 Å². The molecule has 0 N–H and O–H groups in total. The van der Waals surface area contributed by atoms with Gasteiger partial charge in [0.1, 0.15) is 0 Å². The van der Waals surface area contributed by atoms with Crippen molar-refractivity contribution in [3.8, 4) is 5.06 Å². The second-order valence-corrected chi connectivity index (χ2v) is 4.37. The highest BCUT2D eigenvalue weighted by Crippen LogP contribution is 2.25. The first-order valence-corrected chi connectivity index (χ1v) is 5.81. The minimum absolute atomic E-state index is 1.03. The van der Waals surface area contributed by atoms with E-state index in [4.69, 9.17) is 4.74 Å². The van der Waals surface area contributed by atoms with Crippen LogP contribution in [-0.4, -0.2) is 7.11 Å². The van der Waals surface area contributed by atoms with Gasteiger partial charge >= 0.3 is 0 Å². The third-order valence-corrected chi connectivity index (χ3v) is 3.22. The fourth-order valence-corrected chi connectivity index (χ4v) is 2.19. The maximum Gasteiger partial charge on any atom is 0.173 e. The maximum absolute atomic E-state index is 5.14. The highest BCUT2D eigenvalue weighted by molar-refractivity contribution is 7.13. The number of rotatable bonds is 6. The molecule has 0 aliphatic rings. The summed E-state index contributed by atoms with van der Waals surface area (Å²) in [5.41, 5.74) is 0. The van der Waals surface area contributed by atoms with E-state index < -0.39 is 0 Å². The molecule has 1 rings (SSSR count). The molecule has 0 saturated carbocycles. The summed E-state index contributed by atoms with van der Waals surface area (Å²) < 4.78 is 5.14. The zero-order valence-electron chi connectivity index (χ0n) is 8.51. The van der Waals surface area contributed by atoms with Crippen molar-refractivity contribution in [1.29, 1.82) is 0 Å². The van der Waals surface area contributed by atoms with E-state index in [1.165, 1.54) is 37.0 Å². The van der Waals surface area contributed by atoms with Crippen molar-refractivity contribution < 1.29 is 4.74 Å². The Morgan fingerprint density at radius 2 is 2.08 bits per heavy atom. The molecule has 2 heteroatoms. The van der Waals surface area contributed by atoms with Gasteiger partial charge in [0.25, 0.3) is 0 Å². The lowest BCUT2D eigenvalue weighted by Gasteiger charge is -1.96. The van der Waals surface area contributed by atoms with Crippen molar-refractivity contribution in [1.82, 2.24) is 0 Å². The molecule has 1 nitrogen and oxygen atoms in total. The SMILES string of the molecule is CCCCCCc1ccc(OC)s1. The summed E-state index contributed by atoms with van der Waals surface area (Å²) in [6.07, 6.45) is 6.57. The van der Waals surface area contributed by atoms with Gasteiger partial charge < -0.3 is 4.74 Å². The molecule has 13 heavy (non-hydrogen) atoms. The number of aryl methyl sites for hydroxylation is 1. The minimum atomic E-state index is 1.03. The zero-order chi connectivity index (χ0) is 9.52. The minimum Gasteiger partial charge on any atom is -0.487 e. The normalized spacial score (nSPS) is 10.3. The van der Waals surface area contributed by atoms with Crippen LogP contribution in [0.2, 0.25) is 0 Å². The second-order valence-electron chi connectivity index (χ2n) is 3.24. The number of unbranched alkanes of at least 4 members (excludes halogenated alkanes) is 3. The van der Waals surface area contributed by atoms with Gasteiger partial charge in [0.2, 0.25) is 0 Å². The molecule has 0 aliphatic heterocycles.